The second-order valence-electron chi connectivity index (χ2n) is 2.82. The molecule has 1 aromatic carbocycles. The molecule has 4 N–H and O–H groups in total. The monoisotopic (exact) mass is 175 g/mol. The first-order valence-corrected chi connectivity index (χ1v) is 3.84. The van der Waals surface area contributed by atoms with Crippen LogP contribution in [0.15, 0.2) is 30.5 Å². The summed E-state index contributed by atoms with van der Waals surface area (Å²) < 4.78 is 0.978. The van der Waals surface area contributed by atoms with E-state index in [1.165, 1.54) is 6.20 Å². The lowest BCUT2D eigenvalue weighted by Gasteiger charge is -1.93. The second-order valence-corrected chi connectivity index (χ2v) is 2.82. The largest absolute Gasteiger partial charge is 0.428 e. The third-order valence-corrected chi connectivity index (χ3v) is 1.98. The first-order valence-electron chi connectivity index (χ1n) is 3.84. The summed E-state index contributed by atoms with van der Waals surface area (Å²) in [6, 6.07) is 7.24. The van der Waals surface area contributed by atoms with Gasteiger partial charge in [-0.15, -0.1) is 0 Å². The maximum absolute atomic E-state index is 9.41. The van der Waals surface area contributed by atoms with Gasteiger partial charge in [0.25, 0.3) is 0 Å². The number of amidine groups is 1. The number of nitrogens with one attached hydrogen (secondary N) is 1. The maximum atomic E-state index is 9.41. The van der Waals surface area contributed by atoms with Crippen LogP contribution in [0.25, 0.3) is 10.9 Å². The molecule has 1 heterocycles. The highest BCUT2D eigenvalue weighted by atomic mass is 16.5. The molecule has 0 spiro atoms. The minimum atomic E-state index is -0.0380. The van der Waals surface area contributed by atoms with Crippen molar-refractivity contribution in [3.63, 3.8) is 0 Å². The highest BCUT2D eigenvalue weighted by Crippen LogP contribution is 2.18. The molecule has 0 aliphatic rings. The minimum absolute atomic E-state index is 0.0380. The van der Waals surface area contributed by atoms with Crippen LogP contribution >= 0.6 is 0 Å². The molecule has 0 unspecified atom stereocenters. The van der Waals surface area contributed by atoms with Crippen LogP contribution < -0.4 is 5.73 Å². The van der Waals surface area contributed by atoms with E-state index < -0.39 is 0 Å². The second kappa shape index (κ2) is 2.52. The van der Waals surface area contributed by atoms with E-state index >= 15 is 0 Å². The zero-order valence-electron chi connectivity index (χ0n) is 6.86. The first kappa shape index (κ1) is 7.67. The van der Waals surface area contributed by atoms with Crippen LogP contribution in [0.2, 0.25) is 0 Å². The van der Waals surface area contributed by atoms with Crippen molar-refractivity contribution in [2.75, 3.05) is 0 Å². The Morgan fingerprint density at radius 2 is 2.08 bits per heavy atom. The third kappa shape index (κ3) is 1.03. The van der Waals surface area contributed by atoms with Gasteiger partial charge in [-0.25, -0.2) is 0 Å². The van der Waals surface area contributed by atoms with Gasteiger partial charge in [0.2, 0.25) is 0 Å². The number of nitrogens with two attached hydrogens (primary N) is 1. The average Bonchev–Trinajstić information content (AvgIpc) is 2.45. The van der Waals surface area contributed by atoms with Crippen LogP contribution in [0.1, 0.15) is 5.56 Å². The van der Waals surface area contributed by atoms with E-state index in [9.17, 15) is 5.21 Å². The number of fused-ring (bicyclic) bond motifs is 1. The molecule has 0 saturated heterocycles. The van der Waals surface area contributed by atoms with Gasteiger partial charge in [0.15, 0.2) is 0 Å². The Balaban J connectivity index is 2.85. The summed E-state index contributed by atoms with van der Waals surface area (Å²) in [7, 11) is 0. The molecule has 0 aliphatic heterocycles. The van der Waals surface area contributed by atoms with E-state index in [2.05, 4.69) is 0 Å². The average molecular weight is 175 g/mol. The summed E-state index contributed by atoms with van der Waals surface area (Å²) in [6.07, 6.45) is 1.44. The highest BCUT2D eigenvalue weighted by molar-refractivity contribution is 6.07. The van der Waals surface area contributed by atoms with E-state index in [4.69, 9.17) is 11.1 Å². The normalized spacial score (nSPS) is 10.5. The lowest BCUT2D eigenvalue weighted by atomic mass is 10.2. The van der Waals surface area contributed by atoms with E-state index in [0.29, 0.717) is 11.1 Å². The Hall–Kier alpha value is -1.97. The standard InChI is InChI=1S/C9H9N3O/c10-9(11)7-5-12(13)8-4-2-1-3-6(7)8/h1-5,13H,(H3,10,11). The number of hydrogen-bond acceptors (Lipinski definition) is 2. The summed E-state index contributed by atoms with van der Waals surface area (Å²) in [5.41, 5.74) is 6.57. The molecular weight excluding hydrogens is 166 g/mol. The molecule has 0 amide bonds. The summed E-state index contributed by atoms with van der Waals surface area (Å²) in [5.74, 6) is -0.0380. The number of nitrogen functional groups attached to an aromatic ring is 1. The van der Waals surface area contributed by atoms with Crippen LogP contribution in [-0.2, 0) is 0 Å². The molecule has 2 rings (SSSR count). The van der Waals surface area contributed by atoms with Gasteiger partial charge in [-0.1, -0.05) is 18.2 Å². The van der Waals surface area contributed by atoms with Gasteiger partial charge >= 0.3 is 0 Å². The van der Waals surface area contributed by atoms with Gasteiger partial charge < -0.3 is 10.9 Å². The molecule has 2 aromatic rings. The van der Waals surface area contributed by atoms with Crippen molar-refractivity contribution in [1.29, 1.82) is 5.41 Å². The fourth-order valence-electron chi connectivity index (χ4n) is 1.38. The first-order chi connectivity index (χ1) is 6.20. The summed E-state index contributed by atoms with van der Waals surface area (Å²) in [4.78, 5) is 0. The van der Waals surface area contributed by atoms with E-state index in [0.717, 1.165) is 10.1 Å². The Labute approximate surface area is 74.7 Å². The van der Waals surface area contributed by atoms with Gasteiger partial charge in [-0.05, 0) is 6.07 Å². The molecular formula is C9H9N3O. The van der Waals surface area contributed by atoms with E-state index in [-0.39, 0.29) is 5.84 Å². The molecule has 66 valence electrons. The zero-order valence-corrected chi connectivity index (χ0v) is 6.86. The quantitative estimate of drug-likeness (QED) is 0.345. The van der Waals surface area contributed by atoms with Crippen LogP contribution in [0.3, 0.4) is 0 Å². The van der Waals surface area contributed by atoms with Crippen LogP contribution in [0, 0.1) is 5.41 Å². The van der Waals surface area contributed by atoms with Crippen molar-refractivity contribution in [2.24, 2.45) is 5.73 Å². The van der Waals surface area contributed by atoms with Crippen LogP contribution in [0.4, 0.5) is 0 Å². The van der Waals surface area contributed by atoms with E-state index in [1.807, 2.05) is 18.2 Å². The van der Waals surface area contributed by atoms with Gasteiger partial charge in [-0.3, -0.25) is 5.41 Å². The van der Waals surface area contributed by atoms with Crippen molar-refractivity contribution in [2.45, 2.75) is 0 Å². The smallest absolute Gasteiger partial charge is 0.125 e. The number of para-hydroxylation sites is 1. The number of nitrogens with zero attached hydrogens (tertiary/aromatic N) is 1. The fourth-order valence-corrected chi connectivity index (χ4v) is 1.38. The number of benzene rings is 1. The van der Waals surface area contributed by atoms with Gasteiger partial charge in [0, 0.05) is 10.9 Å². The lowest BCUT2D eigenvalue weighted by molar-refractivity contribution is 0.200. The highest BCUT2D eigenvalue weighted by Gasteiger charge is 2.08. The summed E-state index contributed by atoms with van der Waals surface area (Å²) in [6.45, 7) is 0. The molecule has 4 nitrogen and oxygen atoms in total. The van der Waals surface area contributed by atoms with Crippen LogP contribution in [0.5, 0.6) is 0 Å². The molecule has 0 atom stereocenters. The predicted molar refractivity (Wildman–Crippen MR) is 50.1 cm³/mol. The van der Waals surface area contributed by atoms with Gasteiger partial charge in [-0.2, -0.15) is 4.73 Å². The number of aromatic nitrogens is 1. The molecule has 0 fully saturated rings. The molecule has 1 aromatic heterocycles. The van der Waals surface area contributed by atoms with Gasteiger partial charge in [0.1, 0.15) is 5.84 Å². The van der Waals surface area contributed by atoms with Crippen LogP contribution in [-0.4, -0.2) is 15.8 Å². The summed E-state index contributed by atoms with van der Waals surface area (Å²) >= 11 is 0. The molecule has 4 heteroatoms. The number of rotatable bonds is 1. The predicted octanol–water partition coefficient (Wildman–Crippen LogP) is 1.16. The Bertz CT molecular complexity index is 473. The summed E-state index contributed by atoms with van der Waals surface area (Å²) in [5, 5.41) is 17.5. The topological polar surface area (TPSA) is 75.0 Å². The van der Waals surface area contributed by atoms with E-state index in [1.54, 1.807) is 6.07 Å². The zero-order chi connectivity index (χ0) is 9.42. The molecule has 13 heavy (non-hydrogen) atoms. The van der Waals surface area contributed by atoms with Crippen molar-refractivity contribution in [1.82, 2.24) is 4.73 Å². The minimum Gasteiger partial charge on any atom is -0.428 e. The molecule has 0 aliphatic carbocycles. The maximum Gasteiger partial charge on any atom is 0.125 e. The Morgan fingerprint density at radius 1 is 1.38 bits per heavy atom. The number of hydrogen-bond donors (Lipinski definition) is 3. The van der Waals surface area contributed by atoms with Gasteiger partial charge in [0.05, 0.1) is 11.7 Å². The van der Waals surface area contributed by atoms with Crippen molar-refractivity contribution < 1.29 is 5.21 Å². The van der Waals surface area contributed by atoms with Crippen molar-refractivity contribution in [3.05, 3.63) is 36.0 Å². The third-order valence-electron chi connectivity index (χ3n) is 1.98. The molecule has 0 saturated carbocycles. The fraction of sp³-hybridized carbons (Fsp3) is 0. The van der Waals surface area contributed by atoms with Crippen molar-refractivity contribution in [3.8, 4) is 0 Å². The molecule has 0 radical (unpaired) electrons. The lowest BCUT2D eigenvalue weighted by Crippen LogP contribution is -2.10. The van der Waals surface area contributed by atoms with Crippen molar-refractivity contribution >= 4 is 16.7 Å². The Kier molecular flexibility index (Phi) is 1.48. The Morgan fingerprint density at radius 3 is 2.77 bits per heavy atom. The SMILES string of the molecule is N=C(N)c1cn(O)c2ccccc12. The molecule has 0 bridgehead atoms.